The maximum Gasteiger partial charge on any atom is 0.161 e. The molecule has 1 N–H and O–H groups in total. The molecule has 3 nitrogen and oxygen atoms in total. The number of ether oxygens (including phenoxy) is 2. The van der Waals surface area contributed by atoms with Crippen LogP contribution >= 0.6 is 0 Å². The first-order valence-corrected chi connectivity index (χ1v) is 7.87. The van der Waals surface area contributed by atoms with Gasteiger partial charge in [0.25, 0.3) is 0 Å². The van der Waals surface area contributed by atoms with Crippen LogP contribution in [0.1, 0.15) is 30.5 Å². The molecule has 3 heteroatoms. The molecule has 0 saturated heterocycles. The molecular formula is C19H25NO2. The molecule has 0 fully saturated rings. The first-order valence-electron chi connectivity index (χ1n) is 7.87. The van der Waals surface area contributed by atoms with Gasteiger partial charge in [0.05, 0.1) is 6.61 Å². The Balaban J connectivity index is 2.06. The molecule has 0 bridgehead atoms. The number of benzene rings is 2. The molecular weight excluding hydrogens is 274 g/mol. The molecule has 0 heterocycles. The quantitative estimate of drug-likeness (QED) is 0.796. The Morgan fingerprint density at radius 2 is 1.59 bits per heavy atom. The minimum atomic E-state index is 0.549. The lowest BCUT2D eigenvalue weighted by atomic mass is 10.1. The Bertz CT molecular complexity index is 578. The molecule has 2 rings (SSSR count). The molecule has 22 heavy (non-hydrogen) atoms. The highest BCUT2D eigenvalue weighted by Crippen LogP contribution is 2.29. The molecule has 2 aromatic carbocycles. The van der Waals surface area contributed by atoms with Crippen LogP contribution in [0.3, 0.4) is 0 Å². The Hall–Kier alpha value is -2.00. The summed E-state index contributed by atoms with van der Waals surface area (Å²) < 4.78 is 11.6. The normalized spacial score (nSPS) is 10.5. The Morgan fingerprint density at radius 3 is 2.27 bits per heavy atom. The van der Waals surface area contributed by atoms with E-state index in [1.165, 1.54) is 11.1 Å². The van der Waals surface area contributed by atoms with Crippen molar-refractivity contribution < 1.29 is 9.47 Å². The van der Waals surface area contributed by atoms with Crippen LogP contribution in [0.15, 0.2) is 42.5 Å². The predicted octanol–water partition coefficient (Wildman–Crippen LogP) is 4.08. The van der Waals surface area contributed by atoms with E-state index in [1.807, 2.05) is 13.0 Å². The van der Waals surface area contributed by atoms with Gasteiger partial charge in [0, 0.05) is 6.54 Å². The van der Waals surface area contributed by atoms with E-state index in [0.29, 0.717) is 13.2 Å². The predicted molar refractivity (Wildman–Crippen MR) is 90.5 cm³/mol. The third-order valence-electron chi connectivity index (χ3n) is 3.40. The van der Waals surface area contributed by atoms with Gasteiger partial charge in [-0.3, -0.25) is 0 Å². The van der Waals surface area contributed by atoms with E-state index in [4.69, 9.17) is 9.47 Å². The highest BCUT2D eigenvalue weighted by molar-refractivity contribution is 5.43. The van der Waals surface area contributed by atoms with Crippen molar-refractivity contribution in [3.63, 3.8) is 0 Å². The Kier molecular flexibility index (Phi) is 6.28. The van der Waals surface area contributed by atoms with Crippen LogP contribution in [0.25, 0.3) is 0 Å². The van der Waals surface area contributed by atoms with Crippen molar-refractivity contribution in [3.05, 3.63) is 59.2 Å². The average molecular weight is 299 g/mol. The van der Waals surface area contributed by atoms with Crippen molar-refractivity contribution in [3.8, 4) is 11.5 Å². The zero-order chi connectivity index (χ0) is 15.8. The van der Waals surface area contributed by atoms with E-state index in [1.54, 1.807) is 0 Å². The van der Waals surface area contributed by atoms with Gasteiger partial charge in [-0.05, 0) is 43.7 Å². The maximum atomic E-state index is 5.93. The number of aryl methyl sites for hydroxylation is 1. The minimum absolute atomic E-state index is 0.549. The van der Waals surface area contributed by atoms with Crippen LogP contribution in [-0.4, -0.2) is 13.2 Å². The van der Waals surface area contributed by atoms with Gasteiger partial charge in [0.1, 0.15) is 6.61 Å². The molecule has 0 aliphatic heterocycles. The van der Waals surface area contributed by atoms with E-state index >= 15 is 0 Å². The Morgan fingerprint density at radius 1 is 0.864 bits per heavy atom. The SMILES string of the molecule is CCNCc1ccc(OCc2ccc(C)cc2)c(OCC)c1. The third kappa shape index (κ3) is 4.78. The van der Waals surface area contributed by atoms with Crippen LogP contribution < -0.4 is 14.8 Å². The lowest BCUT2D eigenvalue weighted by molar-refractivity contribution is 0.269. The van der Waals surface area contributed by atoms with Crippen molar-refractivity contribution in [2.75, 3.05) is 13.2 Å². The van der Waals surface area contributed by atoms with Crippen LogP contribution in [0.5, 0.6) is 11.5 Å². The van der Waals surface area contributed by atoms with E-state index in [0.717, 1.165) is 30.2 Å². The zero-order valence-electron chi connectivity index (χ0n) is 13.7. The molecule has 0 saturated carbocycles. The van der Waals surface area contributed by atoms with E-state index < -0.39 is 0 Å². The van der Waals surface area contributed by atoms with Crippen LogP contribution in [0, 0.1) is 6.92 Å². The summed E-state index contributed by atoms with van der Waals surface area (Å²) in [6, 6.07) is 14.5. The number of nitrogens with one attached hydrogen (secondary N) is 1. The highest BCUT2D eigenvalue weighted by atomic mass is 16.5. The maximum absolute atomic E-state index is 5.93. The van der Waals surface area contributed by atoms with Gasteiger partial charge in [-0.1, -0.05) is 42.8 Å². The van der Waals surface area contributed by atoms with E-state index in [2.05, 4.69) is 55.6 Å². The van der Waals surface area contributed by atoms with Crippen molar-refractivity contribution in [2.24, 2.45) is 0 Å². The van der Waals surface area contributed by atoms with Crippen LogP contribution in [-0.2, 0) is 13.2 Å². The third-order valence-corrected chi connectivity index (χ3v) is 3.40. The van der Waals surface area contributed by atoms with Gasteiger partial charge >= 0.3 is 0 Å². The van der Waals surface area contributed by atoms with Gasteiger partial charge < -0.3 is 14.8 Å². The van der Waals surface area contributed by atoms with Gasteiger partial charge in [-0.15, -0.1) is 0 Å². The fraction of sp³-hybridized carbons (Fsp3) is 0.368. The average Bonchev–Trinajstić information content (AvgIpc) is 2.54. The molecule has 118 valence electrons. The molecule has 0 unspecified atom stereocenters. The fourth-order valence-electron chi connectivity index (χ4n) is 2.16. The second-order valence-corrected chi connectivity index (χ2v) is 5.27. The first kappa shape index (κ1) is 16.4. The number of hydrogen-bond acceptors (Lipinski definition) is 3. The molecule has 0 radical (unpaired) electrons. The zero-order valence-corrected chi connectivity index (χ0v) is 13.7. The largest absolute Gasteiger partial charge is 0.490 e. The molecule has 0 amide bonds. The fourth-order valence-corrected chi connectivity index (χ4v) is 2.16. The summed E-state index contributed by atoms with van der Waals surface area (Å²) >= 11 is 0. The smallest absolute Gasteiger partial charge is 0.161 e. The summed E-state index contributed by atoms with van der Waals surface area (Å²) in [6.07, 6.45) is 0. The van der Waals surface area contributed by atoms with Crippen molar-refractivity contribution in [1.82, 2.24) is 5.32 Å². The summed E-state index contributed by atoms with van der Waals surface area (Å²) in [5, 5.41) is 3.32. The lowest BCUT2D eigenvalue weighted by Gasteiger charge is -2.14. The van der Waals surface area contributed by atoms with Crippen molar-refractivity contribution in [2.45, 2.75) is 33.9 Å². The van der Waals surface area contributed by atoms with Crippen molar-refractivity contribution >= 4 is 0 Å². The molecule has 0 aliphatic carbocycles. The molecule has 0 spiro atoms. The second kappa shape index (κ2) is 8.44. The monoisotopic (exact) mass is 299 g/mol. The van der Waals surface area contributed by atoms with Gasteiger partial charge in [0.2, 0.25) is 0 Å². The standard InChI is InChI=1S/C19H25NO2/c1-4-20-13-17-10-11-18(19(12-17)21-5-2)22-14-16-8-6-15(3)7-9-16/h6-12,20H,4-5,13-14H2,1-3H3. The van der Waals surface area contributed by atoms with Gasteiger partial charge in [0.15, 0.2) is 11.5 Å². The van der Waals surface area contributed by atoms with Gasteiger partial charge in [-0.25, -0.2) is 0 Å². The molecule has 2 aromatic rings. The minimum Gasteiger partial charge on any atom is -0.490 e. The summed E-state index contributed by atoms with van der Waals surface area (Å²) in [7, 11) is 0. The van der Waals surface area contributed by atoms with Crippen molar-refractivity contribution in [1.29, 1.82) is 0 Å². The highest BCUT2D eigenvalue weighted by Gasteiger charge is 2.07. The lowest BCUT2D eigenvalue weighted by Crippen LogP contribution is -2.12. The first-order chi connectivity index (χ1) is 10.7. The number of rotatable bonds is 8. The molecule has 0 aliphatic rings. The number of hydrogen-bond donors (Lipinski definition) is 1. The Labute approximate surface area is 133 Å². The van der Waals surface area contributed by atoms with Gasteiger partial charge in [-0.2, -0.15) is 0 Å². The van der Waals surface area contributed by atoms with Crippen LogP contribution in [0.4, 0.5) is 0 Å². The topological polar surface area (TPSA) is 30.5 Å². The second-order valence-electron chi connectivity index (χ2n) is 5.27. The summed E-state index contributed by atoms with van der Waals surface area (Å²) in [6.45, 7) is 9.15. The van der Waals surface area contributed by atoms with E-state index in [9.17, 15) is 0 Å². The summed E-state index contributed by atoms with van der Waals surface area (Å²) in [5.41, 5.74) is 3.62. The summed E-state index contributed by atoms with van der Waals surface area (Å²) in [4.78, 5) is 0. The molecule has 0 aromatic heterocycles. The van der Waals surface area contributed by atoms with E-state index in [-0.39, 0.29) is 0 Å². The molecule has 0 atom stereocenters. The summed E-state index contributed by atoms with van der Waals surface area (Å²) in [5.74, 6) is 1.60. The van der Waals surface area contributed by atoms with Crippen LogP contribution in [0.2, 0.25) is 0 Å².